The number of unbranched alkanes of at least 4 members (excludes halogenated alkanes) is 6. The molecule has 0 atom stereocenters. The van der Waals surface area contributed by atoms with Crippen molar-refractivity contribution in [3.05, 3.63) is 30.3 Å². The van der Waals surface area contributed by atoms with Crippen molar-refractivity contribution in [3.63, 3.8) is 0 Å². The molecular formula is C15H27O2P. The van der Waals surface area contributed by atoms with E-state index in [0.29, 0.717) is 6.16 Å². The summed E-state index contributed by atoms with van der Waals surface area (Å²) in [6.07, 6.45) is 9.03. The molecule has 0 aliphatic heterocycles. The van der Waals surface area contributed by atoms with Crippen LogP contribution in [0, 0.1) is 0 Å². The van der Waals surface area contributed by atoms with Crippen LogP contribution < -0.4 is 5.30 Å². The van der Waals surface area contributed by atoms with E-state index in [-0.39, 0.29) is 0 Å². The number of hydrogen-bond acceptors (Lipinski definition) is 2. The van der Waals surface area contributed by atoms with Crippen molar-refractivity contribution in [2.24, 2.45) is 0 Å². The summed E-state index contributed by atoms with van der Waals surface area (Å²) < 4.78 is 0. The quantitative estimate of drug-likeness (QED) is 0.531. The zero-order valence-electron chi connectivity index (χ0n) is 11.4. The van der Waals surface area contributed by atoms with E-state index in [0.717, 1.165) is 18.1 Å². The monoisotopic (exact) mass is 270 g/mol. The van der Waals surface area contributed by atoms with Crippen LogP contribution in [0.5, 0.6) is 0 Å². The topological polar surface area (TPSA) is 40.5 Å². The minimum atomic E-state index is -3.15. The van der Waals surface area contributed by atoms with Gasteiger partial charge in [0, 0.05) is 0 Å². The average Bonchev–Trinajstić information content (AvgIpc) is 2.39. The van der Waals surface area contributed by atoms with Gasteiger partial charge in [0.05, 0.1) is 0 Å². The Kier molecular flexibility index (Phi) is 7.50. The van der Waals surface area contributed by atoms with Crippen LogP contribution >= 0.6 is 7.72 Å². The van der Waals surface area contributed by atoms with Crippen LogP contribution in [0.1, 0.15) is 51.9 Å². The normalized spacial score (nSPS) is 12.6. The van der Waals surface area contributed by atoms with E-state index in [1.807, 2.05) is 30.3 Å². The van der Waals surface area contributed by atoms with Crippen LogP contribution in [0.15, 0.2) is 30.3 Å². The molecule has 1 aromatic rings. The van der Waals surface area contributed by atoms with Crippen molar-refractivity contribution in [2.75, 3.05) is 6.16 Å². The molecule has 18 heavy (non-hydrogen) atoms. The standard InChI is InChI=1S/C15H27O2P/c1-2-3-4-5-6-7-11-14-18(16,17)15-12-9-8-10-13-15/h8-10,12-13,16-18H,2-7,11,14H2,1H3. The zero-order chi connectivity index (χ0) is 13.3. The molecule has 2 N–H and O–H groups in total. The van der Waals surface area contributed by atoms with Crippen molar-refractivity contribution in [1.29, 1.82) is 0 Å². The second kappa shape index (κ2) is 8.63. The van der Waals surface area contributed by atoms with E-state index >= 15 is 0 Å². The van der Waals surface area contributed by atoms with E-state index in [1.54, 1.807) is 0 Å². The molecule has 0 bridgehead atoms. The third-order valence-electron chi connectivity index (χ3n) is 3.37. The summed E-state index contributed by atoms with van der Waals surface area (Å²) in [7, 11) is -3.15. The molecule has 1 rings (SSSR count). The number of hydrogen-bond donors (Lipinski definition) is 2. The van der Waals surface area contributed by atoms with Gasteiger partial charge in [-0.15, -0.1) is 0 Å². The second-order valence-electron chi connectivity index (χ2n) is 5.05. The van der Waals surface area contributed by atoms with Gasteiger partial charge in [-0.2, -0.15) is 0 Å². The fraction of sp³-hybridized carbons (Fsp3) is 0.600. The Morgan fingerprint density at radius 3 is 2.00 bits per heavy atom. The molecule has 0 fully saturated rings. The average molecular weight is 270 g/mol. The Balaban J connectivity index is 2.18. The summed E-state index contributed by atoms with van der Waals surface area (Å²) in [4.78, 5) is 20.2. The van der Waals surface area contributed by atoms with Gasteiger partial charge in [-0.3, -0.25) is 0 Å². The second-order valence-corrected chi connectivity index (χ2v) is 7.76. The van der Waals surface area contributed by atoms with E-state index < -0.39 is 7.72 Å². The van der Waals surface area contributed by atoms with E-state index in [4.69, 9.17) is 0 Å². The molecule has 0 saturated heterocycles. The molecular weight excluding hydrogens is 243 g/mol. The van der Waals surface area contributed by atoms with Crippen molar-refractivity contribution >= 4 is 13.0 Å². The van der Waals surface area contributed by atoms with Crippen molar-refractivity contribution in [1.82, 2.24) is 0 Å². The van der Waals surface area contributed by atoms with E-state index in [2.05, 4.69) is 6.92 Å². The molecule has 0 aliphatic carbocycles. The van der Waals surface area contributed by atoms with Gasteiger partial charge in [-0.1, -0.05) is 0 Å². The van der Waals surface area contributed by atoms with Crippen molar-refractivity contribution in [2.45, 2.75) is 51.9 Å². The third-order valence-corrected chi connectivity index (χ3v) is 5.67. The van der Waals surface area contributed by atoms with Gasteiger partial charge in [0.15, 0.2) is 0 Å². The SMILES string of the molecule is CCCCCCCCC[PH](O)(O)c1ccccc1. The number of rotatable bonds is 9. The summed E-state index contributed by atoms with van der Waals surface area (Å²) in [5.74, 6) is 0. The molecule has 0 heterocycles. The Hall–Kier alpha value is -0.430. The summed E-state index contributed by atoms with van der Waals surface area (Å²) in [5.41, 5.74) is 0. The number of benzene rings is 1. The molecule has 0 radical (unpaired) electrons. The first-order valence-electron chi connectivity index (χ1n) is 7.17. The van der Waals surface area contributed by atoms with Crippen LogP contribution in [0.2, 0.25) is 0 Å². The summed E-state index contributed by atoms with van der Waals surface area (Å²) in [6.45, 7) is 2.22. The molecule has 2 nitrogen and oxygen atoms in total. The molecule has 104 valence electrons. The molecule has 0 amide bonds. The predicted molar refractivity (Wildman–Crippen MR) is 81.7 cm³/mol. The fourth-order valence-electron chi connectivity index (χ4n) is 2.18. The summed E-state index contributed by atoms with van der Waals surface area (Å²) in [6, 6.07) is 9.30. The summed E-state index contributed by atoms with van der Waals surface area (Å²) >= 11 is 0. The van der Waals surface area contributed by atoms with Crippen LogP contribution in [-0.2, 0) is 0 Å². The fourth-order valence-corrected chi connectivity index (χ4v) is 3.94. The molecule has 1 aromatic carbocycles. The van der Waals surface area contributed by atoms with Gasteiger partial charge in [0.2, 0.25) is 0 Å². The van der Waals surface area contributed by atoms with Crippen LogP contribution in [-0.4, -0.2) is 15.9 Å². The Bertz CT molecular complexity index is 312. The van der Waals surface area contributed by atoms with Crippen LogP contribution in [0.4, 0.5) is 0 Å². The zero-order valence-corrected chi connectivity index (χ0v) is 12.4. The van der Waals surface area contributed by atoms with Gasteiger partial charge in [-0.25, -0.2) is 0 Å². The Labute approximate surface area is 112 Å². The maximum absolute atomic E-state index is 10.1. The van der Waals surface area contributed by atoms with Crippen molar-refractivity contribution < 1.29 is 9.79 Å². The summed E-state index contributed by atoms with van der Waals surface area (Å²) in [5, 5.41) is 0.732. The van der Waals surface area contributed by atoms with Gasteiger partial charge >= 0.3 is 111 Å². The first-order chi connectivity index (χ1) is 8.67. The molecule has 0 unspecified atom stereocenters. The first-order valence-corrected chi connectivity index (χ1v) is 9.27. The van der Waals surface area contributed by atoms with Crippen molar-refractivity contribution in [3.8, 4) is 0 Å². The Morgan fingerprint density at radius 1 is 0.833 bits per heavy atom. The first kappa shape index (κ1) is 15.6. The van der Waals surface area contributed by atoms with E-state index in [9.17, 15) is 9.79 Å². The van der Waals surface area contributed by atoms with Gasteiger partial charge in [0.25, 0.3) is 0 Å². The predicted octanol–water partition coefficient (Wildman–Crippen LogP) is 3.63. The van der Waals surface area contributed by atoms with Gasteiger partial charge < -0.3 is 0 Å². The third kappa shape index (κ3) is 5.95. The Morgan fingerprint density at radius 2 is 1.39 bits per heavy atom. The molecule has 0 aromatic heterocycles. The van der Waals surface area contributed by atoms with Crippen LogP contribution in [0.25, 0.3) is 0 Å². The molecule has 0 aliphatic rings. The molecule has 0 saturated carbocycles. The maximum atomic E-state index is 10.1. The van der Waals surface area contributed by atoms with Gasteiger partial charge in [0.1, 0.15) is 0 Å². The molecule has 0 spiro atoms. The minimum absolute atomic E-state index is 0.560. The van der Waals surface area contributed by atoms with Crippen LogP contribution in [0.3, 0.4) is 0 Å². The van der Waals surface area contributed by atoms with E-state index in [1.165, 1.54) is 32.1 Å². The molecule has 3 heteroatoms. The van der Waals surface area contributed by atoms with Gasteiger partial charge in [-0.05, 0) is 0 Å².